The van der Waals surface area contributed by atoms with Crippen LogP contribution in [0.2, 0.25) is 0 Å². The van der Waals surface area contributed by atoms with Gasteiger partial charge in [0, 0.05) is 41.8 Å². The highest BCUT2D eigenvalue weighted by Crippen LogP contribution is 2.37. The van der Waals surface area contributed by atoms with Crippen LogP contribution in [0.25, 0.3) is 10.9 Å². The predicted octanol–water partition coefficient (Wildman–Crippen LogP) is 2.69. The van der Waals surface area contributed by atoms with E-state index in [1.54, 1.807) is 34.6 Å². The van der Waals surface area contributed by atoms with Gasteiger partial charge in [-0.3, -0.25) is 9.59 Å². The van der Waals surface area contributed by atoms with E-state index in [9.17, 15) is 9.59 Å². The normalized spacial score (nSPS) is 16.1. The average Bonchev–Trinajstić information content (AvgIpc) is 3.39. The monoisotopic (exact) mass is 446 g/mol. The molecule has 0 fully saturated rings. The molecule has 0 saturated carbocycles. The van der Waals surface area contributed by atoms with Crippen molar-refractivity contribution in [2.45, 2.75) is 17.5 Å². The fourth-order valence-corrected chi connectivity index (χ4v) is 4.96. The standard InChI is InChI=1S/C23H22N6O2S/c1-27-9-8-16-10-20-21(11-19(16)27)32-14-18(23(31)28(20)2)24-22(30)17-13-29(26-25-17)12-15-6-4-3-5-7-15/h3-11,13,18H,12,14H2,1-2H3,(H,24,30)/t18-/m0/s1. The van der Waals surface area contributed by atoms with Crippen molar-refractivity contribution in [3.63, 3.8) is 0 Å². The van der Waals surface area contributed by atoms with Crippen LogP contribution in [-0.4, -0.2) is 50.2 Å². The molecule has 4 aromatic rings. The van der Waals surface area contributed by atoms with Gasteiger partial charge in [0.1, 0.15) is 6.04 Å². The van der Waals surface area contributed by atoms with E-state index in [0.717, 1.165) is 27.0 Å². The number of hydrogen-bond donors (Lipinski definition) is 1. The van der Waals surface area contributed by atoms with Crippen LogP contribution in [0.15, 0.2) is 65.8 Å². The highest BCUT2D eigenvalue weighted by Gasteiger charge is 2.31. The molecule has 0 aliphatic carbocycles. The molecule has 3 heterocycles. The lowest BCUT2D eigenvalue weighted by atomic mass is 10.2. The predicted molar refractivity (Wildman–Crippen MR) is 124 cm³/mol. The maximum atomic E-state index is 13.1. The first kappa shape index (κ1) is 20.3. The summed E-state index contributed by atoms with van der Waals surface area (Å²) in [5, 5.41) is 12.0. The first-order chi connectivity index (χ1) is 15.5. The van der Waals surface area contributed by atoms with Crippen LogP contribution in [-0.2, 0) is 18.4 Å². The molecule has 0 spiro atoms. The lowest BCUT2D eigenvalue weighted by Crippen LogP contribution is -2.48. The number of nitrogens with one attached hydrogen (secondary N) is 1. The Labute approximate surface area is 189 Å². The first-order valence-electron chi connectivity index (χ1n) is 10.2. The van der Waals surface area contributed by atoms with Crippen molar-refractivity contribution in [3.8, 4) is 0 Å². The highest BCUT2D eigenvalue weighted by molar-refractivity contribution is 7.99. The average molecular weight is 447 g/mol. The van der Waals surface area contributed by atoms with Gasteiger partial charge in [0.05, 0.1) is 18.4 Å². The summed E-state index contributed by atoms with van der Waals surface area (Å²) in [6, 6.07) is 15.3. The quantitative estimate of drug-likeness (QED) is 0.521. The molecule has 32 heavy (non-hydrogen) atoms. The molecule has 162 valence electrons. The third kappa shape index (κ3) is 3.75. The Morgan fingerprint density at radius 3 is 2.81 bits per heavy atom. The molecule has 1 atom stereocenters. The van der Waals surface area contributed by atoms with Crippen LogP contribution in [0.3, 0.4) is 0 Å². The molecule has 5 rings (SSSR count). The van der Waals surface area contributed by atoms with E-state index < -0.39 is 11.9 Å². The second-order valence-corrected chi connectivity index (χ2v) is 8.89. The first-order valence-corrected chi connectivity index (χ1v) is 11.2. The lowest BCUT2D eigenvalue weighted by Gasteiger charge is -2.21. The molecular formula is C23H22N6O2S. The van der Waals surface area contributed by atoms with Gasteiger partial charge in [0.15, 0.2) is 5.69 Å². The van der Waals surface area contributed by atoms with Gasteiger partial charge in [-0.25, -0.2) is 4.68 Å². The van der Waals surface area contributed by atoms with Gasteiger partial charge in [-0.15, -0.1) is 16.9 Å². The number of thioether (sulfide) groups is 1. The van der Waals surface area contributed by atoms with E-state index in [4.69, 9.17) is 0 Å². The Balaban J connectivity index is 1.32. The molecule has 0 bridgehead atoms. The Bertz CT molecular complexity index is 1310. The summed E-state index contributed by atoms with van der Waals surface area (Å²) in [6.45, 7) is 0.519. The second-order valence-electron chi connectivity index (χ2n) is 7.83. The number of amides is 2. The maximum Gasteiger partial charge on any atom is 0.274 e. The molecular weight excluding hydrogens is 424 g/mol. The minimum absolute atomic E-state index is 0.156. The summed E-state index contributed by atoms with van der Waals surface area (Å²) >= 11 is 1.56. The zero-order valence-corrected chi connectivity index (χ0v) is 18.5. The largest absolute Gasteiger partial charge is 0.351 e. The summed E-state index contributed by atoms with van der Waals surface area (Å²) in [4.78, 5) is 28.6. The van der Waals surface area contributed by atoms with E-state index in [1.165, 1.54) is 0 Å². The van der Waals surface area contributed by atoms with E-state index in [-0.39, 0.29) is 11.6 Å². The topological polar surface area (TPSA) is 85.1 Å². The van der Waals surface area contributed by atoms with Crippen molar-refractivity contribution in [2.75, 3.05) is 17.7 Å². The Morgan fingerprint density at radius 2 is 2.00 bits per heavy atom. The highest BCUT2D eigenvalue weighted by atomic mass is 32.2. The number of aromatic nitrogens is 4. The van der Waals surface area contributed by atoms with E-state index in [1.807, 2.05) is 55.7 Å². The third-order valence-electron chi connectivity index (χ3n) is 5.63. The van der Waals surface area contributed by atoms with E-state index in [0.29, 0.717) is 12.3 Å². The minimum atomic E-state index is -0.660. The van der Waals surface area contributed by atoms with Crippen LogP contribution in [0.1, 0.15) is 16.1 Å². The number of nitrogens with zero attached hydrogens (tertiary/aromatic N) is 5. The summed E-state index contributed by atoms with van der Waals surface area (Å²) in [6.07, 6.45) is 3.60. The molecule has 2 amide bonds. The van der Waals surface area contributed by atoms with Gasteiger partial charge in [-0.2, -0.15) is 0 Å². The van der Waals surface area contributed by atoms with Crippen molar-refractivity contribution in [1.29, 1.82) is 0 Å². The molecule has 0 radical (unpaired) electrons. The Kier molecular flexibility index (Phi) is 5.18. The van der Waals surface area contributed by atoms with Crippen LogP contribution >= 0.6 is 11.8 Å². The lowest BCUT2D eigenvalue weighted by molar-refractivity contribution is -0.119. The van der Waals surface area contributed by atoms with E-state index in [2.05, 4.69) is 26.3 Å². The van der Waals surface area contributed by atoms with Gasteiger partial charge in [-0.05, 0) is 23.8 Å². The molecule has 8 nitrogen and oxygen atoms in total. The Hall–Kier alpha value is -3.59. The second kappa shape index (κ2) is 8.16. The molecule has 2 aromatic heterocycles. The van der Waals surface area contributed by atoms with Gasteiger partial charge in [0.25, 0.3) is 5.91 Å². The van der Waals surface area contributed by atoms with Crippen LogP contribution in [0, 0.1) is 0 Å². The number of carbonyl (C=O) groups is 2. The summed E-state index contributed by atoms with van der Waals surface area (Å²) in [5.74, 6) is -0.125. The molecule has 9 heteroatoms. The molecule has 1 aliphatic heterocycles. The van der Waals surface area contributed by atoms with Crippen LogP contribution < -0.4 is 10.2 Å². The number of anilines is 1. The van der Waals surface area contributed by atoms with Crippen LogP contribution in [0.4, 0.5) is 5.69 Å². The summed E-state index contributed by atoms with van der Waals surface area (Å²) < 4.78 is 3.67. The van der Waals surface area contributed by atoms with Crippen molar-refractivity contribution < 1.29 is 9.59 Å². The zero-order valence-electron chi connectivity index (χ0n) is 17.7. The number of carbonyl (C=O) groups excluding carboxylic acids is 2. The number of benzene rings is 2. The van der Waals surface area contributed by atoms with Gasteiger partial charge in [0.2, 0.25) is 5.91 Å². The number of fused-ring (bicyclic) bond motifs is 2. The summed E-state index contributed by atoms with van der Waals surface area (Å²) in [7, 11) is 3.75. The van der Waals surface area contributed by atoms with Gasteiger partial charge < -0.3 is 14.8 Å². The third-order valence-corrected chi connectivity index (χ3v) is 6.76. The van der Waals surface area contributed by atoms with E-state index >= 15 is 0 Å². The fraction of sp³-hybridized carbons (Fsp3) is 0.217. The SMILES string of the molecule is CN1C(=O)[C@@H](NC(=O)c2cn(Cc3ccccc3)nn2)CSc2cc3c(ccn3C)cc21. The van der Waals surface area contributed by atoms with Crippen molar-refractivity contribution in [3.05, 3.63) is 72.2 Å². The smallest absolute Gasteiger partial charge is 0.274 e. The number of hydrogen-bond acceptors (Lipinski definition) is 5. The van der Waals surface area contributed by atoms with Gasteiger partial charge in [-0.1, -0.05) is 35.5 Å². The number of rotatable bonds is 4. The van der Waals surface area contributed by atoms with Crippen molar-refractivity contribution in [2.24, 2.45) is 7.05 Å². The number of aryl methyl sites for hydroxylation is 1. The maximum absolute atomic E-state index is 13.1. The molecule has 0 saturated heterocycles. The fourth-order valence-electron chi connectivity index (χ4n) is 3.85. The van der Waals surface area contributed by atoms with Crippen LogP contribution in [0.5, 0.6) is 0 Å². The molecule has 0 unspecified atom stereocenters. The van der Waals surface area contributed by atoms with Crippen molar-refractivity contribution in [1.82, 2.24) is 24.9 Å². The molecule has 1 aliphatic rings. The zero-order chi connectivity index (χ0) is 22.2. The number of likely N-dealkylation sites (N-methyl/N-ethyl adjacent to an activating group) is 1. The molecule has 1 N–H and O–H groups in total. The molecule has 2 aromatic carbocycles. The minimum Gasteiger partial charge on any atom is -0.351 e. The van der Waals surface area contributed by atoms with Gasteiger partial charge >= 0.3 is 0 Å². The summed E-state index contributed by atoms with van der Waals surface area (Å²) in [5.41, 5.74) is 3.21. The van der Waals surface area contributed by atoms with Crippen molar-refractivity contribution >= 4 is 40.2 Å². The Morgan fingerprint density at radius 1 is 1.19 bits per heavy atom.